The van der Waals surface area contributed by atoms with Gasteiger partial charge in [0.1, 0.15) is 24.4 Å². The van der Waals surface area contributed by atoms with Gasteiger partial charge in [-0.3, -0.25) is 4.79 Å². The predicted octanol–water partition coefficient (Wildman–Crippen LogP) is 15.6. The molecule has 0 bridgehead atoms. The maximum Gasteiger partial charge on any atom is 0.220 e. The molecule has 9 heteroatoms. The first-order valence-electron chi connectivity index (χ1n) is 30.5. The molecule has 0 spiro atoms. The van der Waals surface area contributed by atoms with Gasteiger partial charge in [-0.2, -0.15) is 0 Å². The molecule has 0 radical (unpaired) electrons. The van der Waals surface area contributed by atoms with E-state index in [4.69, 9.17) is 9.47 Å². The summed E-state index contributed by atoms with van der Waals surface area (Å²) in [5.74, 6) is -0.194. The van der Waals surface area contributed by atoms with Crippen LogP contribution in [0.1, 0.15) is 251 Å². The number of nitrogens with one attached hydrogen (secondary N) is 1. The van der Waals surface area contributed by atoms with Crippen molar-refractivity contribution in [2.75, 3.05) is 13.2 Å². The molecule has 0 aromatic rings. The molecule has 1 saturated heterocycles. The topological polar surface area (TPSA) is 149 Å². The maximum atomic E-state index is 13.1. The van der Waals surface area contributed by atoms with Crippen molar-refractivity contribution >= 4 is 5.91 Å². The number of hydrogen-bond acceptors (Lipinski definition) is 8. The lowest BCUT2D eigenvalue weighted by atomic mass is 9.99. The van der Waals surface area contributed by atoms with Gasteiger partial charge in [0.2, 0.25) is 5.91 Å². The summed E-state index contributed by atoms with van der Waals surface area (Å²) in [7, 11) is 0. The number of allylic oxidation sites excluding steroid dienone is 15. The van der Waals surface area contributed by atoms with E-state index in [1.807, 2.05) is 6.08 Å². The molecule has 74 heavy (non-hydrogen) atoms. The molecule has 0 aromatic heterocycles. The molecule has 1 heterocycles. The van der Waals surface area contributed by atoms with Crippen molar-refractivity contribution in [2.24, 2.45) is 0 Å². The zero-order valence-electron chi connectivity index (χ0n) is 47.3. The van der Waals surface area contributed by atoms with Gasteiger partial charge in [-0.25, -0.2) is 0 Å². The highest BCUT2D eigenvalue weighted by atomic mass is 16.7. The second-order valence-electron chi connectivity index (χ2n) is 20.8. The molecule has 7 unspecified atom stereocenters. The van der Waals surface area contributed by atoms with E-state index in [-0.39, 0.29) is 12.5 Å². The number of carbonyl (C=O) groups excluding carboxylic acids is 1. The van der Waals surface area contributed by atoms with Crippen LogP contribution in [-0.2, 0) is 14.3 Å². The summed E-state index contributed by atoms with van der Waals surface area (Å²) < 4.78 is 11.3. The smallest absolute Gasteiger partial charge is 0.220 e. The summed E-state index contributed by atoms with van der Waals surface area (Å²) in [6.07, 6.45) is 70.4. The zero-order chi connectivity index (χ0) is 53.6. The highest BCUT2D eigenvalue weighted by Gasteiger charge is 2.44. The van der Waals surface area contributed by atoms with E-state index in [1.165, 1.54) is 141 Å². The average molecular weight is 1040 g/mol. The minimum absolute atomic E-state index is 0.194. The van der Waals surface area contributed by atoms with Crippen LogP contribution in [0, 0.1) is 0 Å². The third-order valence-electron chi connectivity index (χ3n) is 13.9. The molecule has 426 valence electrons. The second-order valence-corrected chi connectivity index (χ2v) is 20.8. The maximum absolute atomic E-state index is 13.1. The molecule has 6 N–H and O–H groups in total. The second kappa shape index (κ2) is 53.5. The molecule has 0 saturated carbocycles. The quantitative estimate of drug-likeness (QED) is 0.0261. The standard InChI is InChI=1S/C65H113NO8/c1-3-5-7-9-11-13-15-17-19-21-23-25-27-28-29-30-31-32-33-35-37-39-41-43-45-47-49-51-53-55-61(69)66-58(57-73-65-64(72)63(71)62(70)60(56-67)74-65)59(68)54-52-50-48-46-44-42-40-38-36-34-26-24-22-20-18-16-14-12-10-8-6-4-2/h5,7,11,13,17,19,23,25,28-29,31-32,44,46,52,54,58-60,62-65,67-68,70-72H,3-4,6,8-10,12,14-16,18,20-22,24,26-27,30,33-43,45,47-51,53,55-57H2,1-2H3,(H,66,69)/b7-5-,13-11-,19-17-,25-23-,29-28-,32-31-,46-44+,54-52+. The fourth-order valence-electron chi connectivity index (χ4n) is 9.12. The molecular weight excluding hydrogens is 923 g/mol. The van der Waals surface area contributed by atoms with Gasteiger partial charge in [-0.15, -0.1) is 0 Å². The number of carbonyl (C=O) groups is 1. The molecule has 1 aliphatic heterocycles. The molecule has 1 rings (SSSR count). The Morgan fingerprint density at radius 1 is 0.473 bits per heavy atom. The number of aliphatic hydroxyl groups is 5. The van der Waals surface area contributed by atoms with Crippen molar-refractivity contribution < 1.29 is 39.8 Å². The van der Waals surface area contributed by atoms with E-state index in [2.05, 4.69) is 104 Å². The van der Waals surface area contributed by atoms with Crippen LogP contribution < -0.4 is 5.32 Å². The average Bonchev–Trinajstić information content (AvgIpc) is 3.40. The Bertz CT molecular complexity index is 1480. The summed E-state index contributed by atoms with van der Waals surface area (Å²) in [5.41, 5.74) is 0. The van der Waals surface area contributed by atoms with Crippen LogP contribution in [0.3, 0.4) is 0 Å². The van der Waals surface area contributed by atoms with Crippen molar-refractivity contribution in [2.45, 2.75) is 294 Å². The first-order chi connectivity index (χ1) is 36.3. The van der Waals surface area contributed by atoms with E-state index >= 15 is 0 Å². The van der Waals surface area contributed by atoms with Gasteiger partial charge < -0.3 is 40.3 Å². The van der Waals surface area contributed by atoms with E-state index in [9.17, 15) is 30.3 Å². The monoisotopic (exact) mass is 1040 g/mol. The van der Waals surface area contributed by atoms with Crippen LogP contribution in [0.5, 0.6) is 0 Å². The van der Waals surface area contributed by atoms with Crippen LogP contribution in [0.2, 0.25) is 0 Å². The van der Waals surface area contributed by atoms with E-state index in [0.29, 0.717) is 6.42 Å². The number of hydrogen-bond donors (Lipinski definition) is 6. The molecule has 0 aromatic carbocycles. The van der Waals surface area contributed by atoms with E-state index < -0.39 is 49.5 Å². The van der Waals surface area contributed by atoms with Crippen LogP contribution in [0.4, 0.5) is 0 Å². The Labute approximate surface area is 453 Å². The predicted molar refractivity (Wildman–Crippen MR) is 313 cm³/mol. The Morgan fingerprint density at radius 3 is 1.30 bits per heavy atom. The van der Waals surface area contributed by atoms with Crippen LogP contribution >= 0.6 is 0 Å². The first kappa shape index (κ1) is 69.1. The minimum Gasteiger partial charge on any atom is -0.394 e. The van der Waals surface area contributed by atoms with Gasteiger partial charge in [0.25, 0.3) is 0 Å². The normalized spacial score (nSPS) is 19.7. The molecule has 7 atom stereocenters. The molecule has 9 nitrogen and oxygen atoms in total. The number of aliphatic hydroxyl groups excluding tert-OH is 5. The lowest BCUT2D eigenvalue weighted by Crippen LogP contribution is -2.60. The van der Waals surface area contributed by atoms with Crippen LogP contribution in [0.25, 0.3) is 0 Å². The summed E-state index contributed by atoms with van der Waals surface area (Å²) in [6, 6.07) is -0.831. The lowest BCUT2D eigenvalue weighted by molar-refractivity contribution is -0.302. The van der Waals surface area contributed by atoms with Gasteiger partial charge in [0.05, 0.1) is 25.4 Å². The fraction of sp³-hybridized carbons (Fsp3) is 0.738. The third kappa shape index (κ3) is 42.2. The van der Waals surface area contributed by atoms with Crippen LogP contribution in [-0.4, -0.2) is 87.5 Å². The summed E-state index contributed by atoms with van der Waals surface area (Å²) >= 11 is 0. The highest BCUT2D eigenvalue weighted by molar-refractivity contribution is 5.76. The molecule has 1 amide bonds. The van der Waals surface area contributed by atoms with Gasteiger partial charge in [-0.1, -0.05) is 259 Å². The lowest BCUT2D eigenvalue weighted by Gasteiger charge is -2.40. The third-order valence-corrected chi connectivity index (χ3v) is 13.9. The summed E-state index contributed by atoms with van der Waals surface area (Å²) in [6.45, 7) is 3.66. The Balaban J connectivity index is 2.24. The number of amides is 1. The molecule has 0 aliphatic carbocycles. The Morgan fingerprint density at radius 2 is 0.851 bits per heavy atom. The van der Waals surface area contributed by atoms with Gasteiger partial charge in [0.15, 0.2) is 6.29 Å². The zero-order valence-corrected chi connectivity index (χ0v) is 47.3. The first-order valence-corrected chi connectivity index (χ1v) is 30.5. The fourth-order valence-corrected chi connectivity index (χ4v) is 9.12. The van der Waals surface area contributed by atoms with Crippen LogP contribution in [0.15, 0.2) is 97.2 Å². The van der Waals surface area contributed by atoms with E-state index in [0.717, 1.165) is 89.9 Å². The number of unbranched alkanes of at least 4 members (excludes halogenated alkanes) is 27. The Hall–Kier alpha value is -2.89. The van der Waals surface area contributed by atoms with Crippen molar-refractivity contribution in [3.63, 3.8) is 0 Å². The highest BCUT2D eigenvalue weighted by Crippen LogP contribution is 2.23. The van der Waals surface area contributed by atoms with Gasteiger partial charge in [-0.05, 0) is 83.5 Å². The van der Waals surface area contributed by atoms with Gasteiger partial charge >= 0.3 is 0 Å². The van der Waals surface area contributed by atoms with Crippen molar-refractivity contribution in [1.29, 1.82) is 0 Å². The molecule has 1 fully saturated rings. The largest absolute Gasteiger partial charge is 0.394 e. The molecule has 1 aliphatic rings. The van der Waals surface area contributed by atoms with Crippen molar-refractivity contribution in [3.05, 3.63) is 97.2 Å². The molecular formula is C65H113NO8. The number of ether oxygens (including phenoxy) is 2. The SMILES string of the molecule is CC/C=C\C/C=C\C/C=C\C/C=C\C/C=C\C/C=C\CCCCCCCCCCCCC(=O)NC(COC1OC(CO)C(O)C(O)C1O)C(O)/C=C/CC/C=C/CCCCCCCCCCCCCCCCCC. The Kier molecular flexibility index (Phi) is 50.0. The van der Waals surface area contributed by atoms with Crippen molar-refractivity contribution in [1.82, 2.24) is 5.32 Å². The summed E-state index contributed by atoms with van der Waals surface area (Å²) in [5, 5.41) is 54.6. The van der Waals surface area contributed by atoms with E-state index in [1.54, 1.807) is 6.08 Å². The minimum atomic E-state index is -1.58. The summed E-state index contributed by atoms with van der Waals surface area (Å²) in [4.78, 5) is 13.1. The number of rotatable bonds is 51. The van der Waals surface area contributed by atoms with Gasteiger partial charge in [0, 0.05) is 6.42 Å². The van der Waals surface area contributed by atoms with Crippen molar-refractivity contribution in [3.8, 4) is 0 Å².